The Morgan fingerprint density at radius 3 is 2.59 bits per heavy atom. The highest BCUT2D eigenvalue weighted by molar-refractivity contribution is 6.35. The van der Waals surface area contributed by atoms with Crippen LogP contribution in [-0.2, 0) is 25.4 Å². The number of hydrogen-bond acceptors (Lipinski definition) is 4. The Morgan fingerprint density at radius 2 is 1.93 bits per heavy atom. The topological polar surface area (TPSA) is 90.9 Å². The summed E-state index contributed by atoms with van der Waals surface area (Å²) in [7, 11) is 2.90. The van der Waals surface area contributed by atoms with Gasteiger partial charge in [-0.25, -0.2) is 9.78 Å². The van der Waals surface area contributed by atoms with E-state index in [1.165, 1.54) is 29.6 Å². The Bertz CT molecular complexity index is 1160. The third kappa shape index (κ3) is 3.50. The molecule has 2 heterocycles. The molecule has 0 aliphatic carbocycles. The van der Waals surface area contributed by atoms with Crippen molar-refractivity contribution in [2.45, 2.75) is 19.5 Å². The molecule has 1 aromatic carbocycles. The highest BCUT2D eigenvalue weighted by atomic mass is 35.5. The summed E-state index contributed by atoms with van der Waals surface area (Å²) in [4.78, 5) is 40.9. The van der Waals surface area contributed by atoms with Gasteiger partial charge in [0.25, 0.3) is 5.56 Å². The minimum Gasteiger partial charge on any atom is -0.348 e. The summed E-state index contributed by atoms with van der Waals surface area (Å²) in [5, 5.41) is 3.79. The van der Waals surface area contributed by atoms with Gasteiger partial charge in [0, 0.05) is 24.1 Å². The van der Waals surface area contributed by atoms with E-state index in [0.717, 1.165) is 10.1 Å². The summed E-state index contributed by atoms with van der Waals surface area (Å²) in [5.74, 6) is -0.330. The summed E-state index contributed by atoms with van der Waals surface area (Å²) in [6.07, 6.45) is 1.37. The van der Waals surface area contributed by atoms with Crippen molar-refractivity contribution in [2.75, 3.05) is 0 Å². The normalized spacial score (nSPS) is 12.3. The minimum absolute atomic E-state index is 0.126. The maximum atomic E-state index is 12.5. The number of fused-ring (bicyclic) bond motifs is 1. The van der Waals surface area contributed by atoms with E-state index in [1.807, 2.05) is 0 Å². The lowest BCUT2D eigenvalue weighted by atomic mass is 10.1. The molecule has 1 amide bonds. The molecule has 0 bridgehead atoms. The minimum atomic E-state index is -0.507. The third-order valence-corrected chi connectivity index (χ3v) is 4.90. The Kier molecular flexibility index (Phi) is 5.12. The highest BCUT2D eigenvalue weighted by Crippen LogP contribution is 2.26. The number of carbonyl (C=O) groups is 1. The summed E-state index contributed by atoms with van der Waals surface area (Å²) in [6, 6.07) is 4.69. The fourth-order valence-electron chi connectivity index (χ4n) is 2.89. The number of carbonyl (C=O) groups excluding carboxylic acids is 1. The predicted molar refractivity (Wildman–Crippen MR) is 103 cm³/mol. The van der Waals surface area contributed by atoms with E-state index in [1.54, 1.807) is 25.1 Å². The van der Waals surface area contributed by atoms with E-state index < -0.39 is 11.2 Å². The molecule has 0 fully saturated rings. The molecule has 0 saturated carbocycles. The summed E-state index contributed by atoms with van der Waals surface area (Å²) in [5.41, 5.74) is 0.153. The van der Waals surface area contributed by atoms with Gasteiger partial charge in [-0.1, -0.05) is 29.3 Å². The zero-order valence-corrected chi connectivity index (χ0v) is 16.4. The van der Waals surface area contributed by atoms with Crippen LogP contribution in [0.2, 0.25) is 10.0 Å². The molecule has 1 unspecified atom stereocenters. The van der Waals surface area contributed by atoms with Crippen LogP contribution >= 0.6 is 23.2 Å². The maximum Gasteiger partial charge on any atom is 0.332 e. The zero-order valence-electron chi connectivity index (χ0n) is 14.9. The van der Waals surface area contributed by atoms with Crippen molar-refractivity contribution in [1.29, 1.82) is 0 Å². The molecule has 0 aliphatic rings. The number of amides is 1. The van der Waals surface area contributed by atoms with Gasteiger partial charge in [-0.2, -0.15) is 0 Å². The molecule has 3 rings (SSSR count). The second-order valence-corrected chi connectivity index (χ2v) is 7.05. The van der Waals surface area contributed by atoms with E-state index in [9.17, 15) is 14.4 Å². The number of hydrogen-bond donors (Lipinski definition) is 1. The van der Waals surface area contributed by atoms with Crippen LogP contribution in [0.5, 0.6) is 0 Å². The average molecular weight is 410 g/mol. The van der Waals surface area contributed by atoms with Gasteiger partial charge in [0.1, 0.15) is 6.54 Å². The SMILES string of the molecule is CC(NC(=O)Cn1cnc2c1c(=O)n(C)c(=O)n2C)c1ccc(Cl)cc1Cl. The molecule has 3 aromatic rings. The maximum absolute atomic E-state index is 12.5. The first-order chi connectivity index (χ1) is 12.7. The predicted octanol–water partition coefficient (Wildman–Crippen LogP) is 1.62. The van der Waals surface area contributed by atoms with E-state index in [-0.39, 0.29) is 29.7 Å². The molecule has 2 aromatic heterocycles. The van der Waals surface area contributed by atoms with Crippen molar-refractivity contribution in [3.05, 3.63) is 61.0 Å². The van der Waals surface area contributed by atoms with Crippen LogP contribution in [0.1, 0.15) is 18.5 Å². The van der Waals surface area contributed by atoms with Gasteiger partial charge in [0.2, 0.25) is 5.91 Å². The molecule has 0 spiro atoms. The lowest BCUT2D eigenvalue weighted by Gasteiger charge is -2.16. The summed E-state index contributed by atoms with van der Waals surface area (Å²) < 4.78 is 3.67. The lowest BCUT2D eigenvalue weighted by molar-refractivity contribution is -0.122. The Hall–Kier alpha value is -2.58. The largest absolute Gasteiger partial charge is 0.348 e. The van der Waals surface area contributed by atoms with E-state index >= 15 is 0 Å². The number of aryl methyl sites for hydroxylation is 1. The van der Waals surface area contributed by atoms with Crippen molar-refractivity contribution in [3.63, 3.8) is 0 Å². The number of aromatic nitrogens is 4. The molecule has 142 valence electrons. The van der Waals surface area contributed by atoms with Gasteiger partial charge in [-0.15, -0.1) is 0 Å². The molecule has 1 N–H and O–H groups in total. The monoisotopic (exact) mass is 409 g/mol. The Balaban J connectivity index is 1.86. The molecule has 0 aliphatic heterocycles. The molecular weight excluding hydrogens is 393 g/mol. The molecule has 0 radical (unpaired) electrons. The summed E-state index contributed by atoms with van der Waals surface area (Å²) >= 11 is 12.1. The van der Waals surface area contributed by atoms with Crippen molar-refractivity contribution in [1.82, 2.24) is 24.0 Å². The first kappa shape index (κ1) is 19.2. The third-order valence-electron chi connectivity index (χ3n) is 4.34. The van der Waals surface area contributed by atoms with E-state index in [0.29, 0.717) is 10.0 Å². The highest BCUT2D eigenvalue weighted by Gasteiger charge is 2.18. The van der Waals surface area contributed by atoms with Crippen LogP contribution in [-0.4, -0.2) is 24.6 Å². The van der Waals surface area contributed by atoms with Gasteiger partial charge in [0.15, 0.2) is 11.2 Å². The zero-order chi connectivity index (χ0) is 19.9. The number of halogens is 2. The van der Waals surface area contributed by atoms with Crippen molar-refractivity contribution in [2.24, 2.45) is 14.1 Å². The van der Waals surface area contributed by atoms with Gasteiger partial charge in [0.05, 0.1) is 12.4 Å². The molecule has 27 heavy (non-hydrogen) atoms. The fourth-order valence-corrected chi connectivity index (χ4v) is 3.46. The van der Waals surface area contributed by atoms with Crippen molar-refractivity contribution < 1.29 is 4.79 Å². The Morgan fingerprint density at radius 1 is 1.22 bits per heavy atom. The number of nitrogens with zero attached hydrogens (tertiary/aromatic N) is 4. The molecular formula is C17H17Cl2N5O3. The van der Waals surface area contributed by atoms with Gasteiger partial charge in [-0.05, 0) is 24.6 Å². The van der Waals surface area contributed by atoms with Gasteiger partial charge in [-0.3, -0.25) is 18.7 Å². The molecule has 0 saturated heterocycles. The first-order valence-electron chi connectivity index (χ1n) is 8.06. The number of nitrogens with one attached hydrogen (secondary N) is 1. The quantitative estimate of drug-likeness (QED) is 0.708. The lowest BCUT2D eigenvalue weighted by Crippen LogP contribution is -2.38. The fraction of sp³-hybridized carbons (Fsp3) is 0.294. The van der Waals surface area contributed by atoms with Crippen LogP contribution in [0, 0.1) is 0 Å². The smallest absolute Gasteiger partial charge is 0.332 e. The van der Waals surface area contributed by atoms with Gasteiger partial charge >= 0.3 is 5.69 Å². The summed E-state index contributed by atoms with van der Waals surface area (Å²) in [6.45, 7) is 1.67. The number of benzene rings is 1. The van der Waals surface area contributed by atoms with E-state index in [2.05, 4.69) is 10.3 Å². The Labute approximate surface area is 163 Å². The van der Waals surface area contributed by atoms with Crippen molar-refractivity contribution >= 4 is 40.3 Å². The second kappa shape index (κ2) is 7.21. The van der Waals surface area contributed by atoms with Crippen LogP contribution < -0.4 is 16.6 Å². The number of imidazole rings is 1. The molecule has 10 heteroatoms. The van der Waals surface area contributed by atoms with Crippen LogP contribution in [0.15, 0.2) is 34.1 Å². The van der Waals surface area contributed by atoms with E-state index in [4.69, 9.17) is 23.2 Å². The van der Waals surface area contributed by atoms with Crippen LogP contribution in [0.3, 0.4) is 0 Å². The van der Waals surface area contributed by atoms with Gasteiger partial charge < -0.3 is 9.88 Å². The van der Waals surface area contributed by atoms with Crippen molar-refractivity contribution in [3.8, 4) is 0 Å². The molecule has 1 atom stereocenters. The average Bonchev–Trinajstić information content (AvgIpc) is 3.01. The first-order valence-corrected chi connectivity index (χ1v) is 8.81. The second-order valence-electron chi connectivity index (χ2n) is 6.21. The molecule has 8 nitrogen and oxygen atoms in total. The number of rotatable bonds is 4. The standard InChI is InChI=1S/C17H17Cl2N5O3/c1-9(11-5-4-10(18)6-12(11)19)21-13(25)7-24-8-20-15-14(24)16(26)23(3)17(27)22(15)2/h4-6,8-9H,7H2,1-3H3,(H,21,25). The van der Waals surface area contributed by atoms with Crippen LogP contribution in [0.25, 0.3) is 11.2 Å². The van der Waals surface area contributed by atoms with Crippen LogP contribution in [0.4, 0.5) is 0 Å².